The number of nitrogens with two attached hydrogens (primary N) is 1. The van der Waals surface area contributed by atoms with Crippen molar-refractivity contribution in [3.8, 4) is 5.69 Å². The zero-order valence-electron chi connectivity index (χ0n) is 12.9. The Labute approximate surface area is 127 Å². The molecule has 6 nitrogen and oxygen atoms in total. The van der Waals surface area contributed by atoms with Crippen LogP contribution in [-0.2, 0) is 18.3 Å². The number of rotatable bonds is 4. The largest absolute Gasteiger partial charge is 0.335 e. The van der Waals surface area contributed by atoms with Crippen molar-refractivity contribution in [3.63, 3.8) is 0 Å². The number of hydrogen-bond acceptors (Lipinski definition) is 4. The van der Waals surface area contributed by atoms with Crippen LogP contribution in [0.2, 0.25) is 0 Å². The van der Waals surface area contributed by atoms with Gasteiger partial charge in [-0.3, -0.25) is 4.79 Å². The first-order chi connectivity index (χ1) is 10.4. The van der Waals surface area contributed by atoms with Crippen molar-refractivity contribution in [1.82, 2.24) is 9.13 Å². The van der Waals surface area contributed by atoms with Gasteiger partial charge in [-0.15, -0.1) is 0 Å². The van der Waals surface area contributed by atoms with Gasteiger partial charge in [0.05, 0.1) is 11.7 Å². The highest BCUT2D eigenvalue weighted by atomic mass is 16.2. The summed E-state index contributed by atoms with van der Waals surface area (Å²) in [5.74, 6) is 0. The third-order valence-corrected chi connectivity index (χ3v) is 3.89. The molecular weight excluding hydrogens is 282 g/mol. The van der Waals surface area contributed by atoms with Gasteiger partial charge in [0, 0.05) is 18.3 Å². The maximum Gasteiger partial charge on any atom is 0.335 e. The van der Waals surface area contributed by atoms with E-state index in [-0.39, 0.29) is 11.2 Å². The van der Waals surface area contributed by atoms with Gasteiger partial charge >= 0.3 is 5.69 Å². The van der Waals surface area contributed by atoms with E-state index in [4.69, 9.17) is 5.73 Å². The Balaban J connectivity index is 2.52. The van der Waals surface area contributed by atoms with Crippen LogP contribution in [0.4, 0.5) is 0 Å². The minimum Gasteiger partial charge on any atom is -0.321 e. The number of nitrogens with zero attached hydrogens (tertiary/aromatic N) is 2. The molecule has 116 valence electrons. The van der Waals surface area contributed by atoms with Crippen molar-refractivity contribution >= 4 is 6.29 Å². The number of aromatic nitrogens is 2. The molecule has 1 atom stereocenters. The van der Waals surface area contributed by atoms with Crippen LogP contribution in [0.3, 0.4) is 0 Å². The van der Waals surface area contributed by atoms with Gasteiger partial charge in [0.15, 0.2) is 0 Å². The summed E-state index contributed by atoms with van der Waals surface area (Å²) in [7, 11) is 1.64. The Morgan fingerprint density at radius 1 is 1.18 bits per heavy atom. The highest BCUT2D eigenvalue weighted by Crippen LogP contribution is 2.09. The summed E-state index contributed by atoms with van der Waals surface area (Å²) in [6, 6.07) is 6.34. The Morgan fingerprint density at radius 3 is 2.32 bits per heavy atom. The van der Waals surface area contributed by atoms with Gasteiger partial charge in [0.1, 0.15) is 6.29 Å². The summed E-state index contributed by atoms with van der Waals surface area (Å²) >= 11 is 0. The molecule has 1 aromatic heterocycles. The Bertz CT molecular complexity index is 779. The van der Waals surface area contributed by atoms with E-state index in [1.54, 1.807) is 45.2 Å². The van der Waals surface area contributed by atoms with Crippen molar-refractivity contribution in [3.05, 3.63) is 61.9 Å². The molecule has 0 spiro atoms. The van der Waals surface area contributed by atoms with Crippen molar-refractivity contribution in [2.24, 2.45) is 12.8 Å². The molecule has 0 radical (unpaired) electrons. The molecular formula is C16H19N3O3. The molecule has 6 heteroatoms. The van der Waals surface area contributed by atoms with Gasteiger partial charge in [0.25, 0.3) is 5.56 Å². The lowest BCUT2D eigenvalue weighted by Crippen LogP contribution is -2.40. The quantitative estimate of drug-likeness (QED) is 0.819. The molecule has 0 aliphatic rings. The number of carbonyl (C=O) groups is 1. The maximum absolute atomic E-state index is 12.4. The van der Waals surface area contributed by atoms with E-state index in [1.165, 1.54) is 4.57 Å². The summed E-state index contributed by atoms with van der Waals surface area (Å²) in [6.45, 7) is 3.44. The van der Waals surface area contributed by atoms with E-state index in [0.717, 1.165) is 10.1 Å². The standard InChI is InChI=1S/C16H19N3O3/c1-10-11(2)18(3)16(22)19(15(10)21)14-6-4-12(5-7-14)8-13(17)9-20/h4-7,9,13H,8,17H2,1-3H3/t13-/m0/s1. The molecule has 0 aliphatic heterocycles. The second kappa shape index (κ2) is 6.11. The second-order valence-corrected chi connectivity index (χ2v) is 5.36. The summed E-state index contributed by atoms with van der Waals surface area (Å²) in [6.07, 6.45) is 1.11. The lowest BCUT2D eigenvalue weighted by Gasteiger charge is -2.12. The minimum absolute atomic E-state index is 0.321. The summed E-state index contributed by atoms with van der Waals surface area (Å²) in [5, 5.41) is 0. The van der Waals surface area contributed by atoms with E-state index in [0.29, 0.717) is 29.7 Å². The van der Waals surface area contributed by atoms with Crippen molar-refractivity contribution in [1.29, 1.82) is 0 Å². The molecule has 0 fully saturated rings. The molecule has 0 saturated carbocycles. The lowest BCUT2D eigenvalue weighted by molar-refractivity contribution is -0.108. The highest BCUT2D eigenvalue weighted by molar-refractivity contribution is 5.58. The summed E-state index contributed by atoms with van der Waals surface area (Å²) in [4.78, 5) is 35.3. The van der Waals surface area contributed by atoms with Crippen molar-refractivity contribution < 1.29 is 4.79 Å². The molecule has 0 saturated heterocycles. The fourth-order valence-electron chi connectivity index (χ4n) is 2.28. The smallest absolute Gasteiger partial charge is 0.321 e. The van der Waals surface area contributed by atoms with Gasteiger partial charge in [-0.1, -0.05) is 12.1 Å². The molecule has 0 aliphatic carbocycles. The van der Waals surface area contributed by atoms with Crippen LogP contribution < -0.4 is 17.0 Å². The summed E-state index contributed by atoms with van der Waals surface area (Å²) in [5.41, 5.74) is 7.44. The third kappa shape index (κ3) is 2.78. The van der Waals surface area contributed by atoms with Gasteiger partial charge in [0.2, 0.25) is 0 Å². The fraction of sp³-hybridized carbons (Fsp3) is 0.312. The molecule has 2 rings (SSSR count). The van der Waals surface area contributed by atoms with Crippen LogP contribution >= 0.6 is 0 Å². The minimum atomic E-state index is -0.553. The molecule has 1 aromatic carbocycles. The average Bonchev–Trinajstić information content (AvgIpc) is 2.52. The van der Waals surface area contributed by atoms with E-state index in [2.05, 4.69) is 0 Å². The van der Waals surface area contributed by atoms with Crippen LogP contribution in [0.25, 0.3) is 5.69 Å². The van der Waals surface area contributed by atoms with Gasteiger partial charge in [-0.05, 0) is 38.0 Å². The maximum atomic E-state index is 12.4. The van der Waals surface area contributed by atoms with Crippen LogP contribution in [0.1, 0.15) is 16.8 Å². The Kier molecular flexibility index (Phi) is 4.42. The predicted octanol–water partition coefficient (Wildman–Crippen LogP) is 0.222. The van der Waals surface area contributed by atoms with Gasteiger partial charge in [-0.2, -0.15) is 0 Å². The molecule has 0 amide bonds. The first-order valence-electron chi connectivity index (χ1n) is 6.96. The van der Waals surface area contributed by atoms with Crippen LogP contribution in [-0.4, -0.2) is 21.5 Å². The van der Waals surface area contributed by atoms with E-state index in [1.807, 2.05) is 0 Å². The normalized spacial score (nSPS) is 12.2. The topological polar surface area (TPSA) is 87.1 Å². The van der Waals surface area contributed by atoms with E-state index in [9.17, 15) is 14.4 Å². The van der Waals surface area contributed by atoms with Crippen LogP contribution in [0, 0.1) is 13.8 Å². The zero-order valence-corrected chi connectivity index (χ0v) is 12.9. The first-order valence-corrected chi connectivity index (χ1v) is 6.96. The highest BCUT2D eigenvalue weighted by Gasteiger charge is 2.12. The fourth-order valence-corrected chi connectivity index (χ4v) is 2.28. The third-order valence-electron chi connectivity index (χ3n) is 3.89. The second-order valence-electron chi connectivity index (χ2n) is 5.36. The number of hydrogen-bond donors (Lipinski definition) is 1. The van der Waals surface area contributed by atoms with Crippen LogP contribution in [0.15, 0.2) is 33.9 Å². The first kappa shape index (κ1) is 15.9. The molecule has 2 N–H and O–H groups in total. The van der Waals surface area contributed by atoms with E-state index < -0.39 is 6.04 Å². The molecule has 1 heterocycles. The van der Waals surface area contributed by atoms with Gasteiger partial charge < -0.3 is 15.1 Å². The number of benzene rings is 1. The predicted molar refractivity (Wildman–Crippen MR) is 84.5 cm³/mol. The Hall–Kier alpha value is -2.47. The monoisotopic (exact) mass is 301 g/mol. The van der Waals surface area contributed by atoms with Crippen molar-refractivity contribution in [2.45, 2.75) is 26.3 Å². The van der Waals surface area contributed by atoms with Crippen molar-refractivity contribution in [2.75, 3.05) is 0 Å². The Morgan fingerprint density at radius 2 is 1.77 bits per heavy atom. The SMILES string of the molecule is Cc1c(C)n(C)c(=O)n(-c2ccc(C[C@H](N)C=O)cc2)c1=O. The molecule has 22 heavy (non-hydrogen) atoms. The number of aldehydes is 1. The lowest BCUT2D eigenvalue weighted by atomic mass is 10.1. The van der Waals surface area contributed by atoms with Gasteiger partial charge in [-0.25, -0.2) is 9.36 Å². The molecule has 2 aromatic rings. The van der Waals surface area contributed by atoms with Crippen LogP contribution in [0.5, 0.6) is 0 Å². The molecule has 0 unspecified atom stereocenters. The van der Waals surface area contributed by atoms with E-state index >= 15 is 0 Å². The average molecular weight is 301 g/mol. The zero-order chi connectivity index (χ0) is 16.4. The molecule has 0 bridgehead atoms. The number of carbonyl (C=O) groups excluding carboxylic acids is 1. The summed E-state index contributed by atoms with van der Waals surface area (Å²) < 4.78 is 2.60.